The summed E-state index contributed by atoms with van der Waals surface area (Å²) in [7, 11) is 1.91. The molecule has 5 aliphatic carbocycles. The molecule has 0 amide bonds. The van der Waals surface area contributed by atoms with E-state index >= 15 is 0 Å². The van der Waals surface area contributed by atoms with Crippen molar-refractivity contribution in [3.8, 4) is 0 Å². The zero-order valence-corrected chi connectivity index (χ0v) is 22.3. The SMILES string of the molecule is CO[C@H]1CC[C@@]2(C)C(CC[C@@]3(C)CC4=C[C@H]5C(C)(CO)C(=O)CCC5(C)[C@H]4CCC32)C1(C)C. The summed E-state index contributed by atoms with van der Waals surface area (Å²) in [6, 6.07) is 0. The molecular weight excluding hydrogens is 408 g/mol. The summed E-state index contributed by atoms with van der Waals surface area (Å²) in [5, 5.41) is 10.3. The van der Waals surface area contributed by atoms with Crippen LogP contribution in [0.1, 0.15) is 99.3 Å². The minimum atomic E-state index is -0.599. The van der Waals surface area contributed by atoms with Gasteiger partial charge in [0.25, 0.3) is 0 Å². The number of Topliss-reactive ketones (excluding diaryl/α,β-unsaturated/α-hetero) is 1. The van der Waals surface area contributed by atoms with Gasteiger partial charge in [0.1, 0.15) is 5.78 Å². The fraction of sp³-hybridized carbons (Fsp3) is 0.900. The molecule has 0 saturated heterocycles. The van der Waals surface area contributed by atoms with E-state index in [1.165, 1.54) is 44.9 Å². The molecule has 0 bridgehead atoms. The Kier molecular flexibility index (Phi) is 5.40. The van der Waals surface area contributed by atoms with Crippen molar-refractivity contribution in [1.29, 1.82) is 0 Å². The average molecular weight is 457 g/mol. The third-order valence-corrected chi connectivity index (χ3v) is 12.6. The Morgan fingerprint density at radius 2 is 1.67 bits per heavy atom. The molecule has 4 unspecified atom stereocenters. The van der Waals surface area contributed by atoms with Crippen LogP contribution in [-0.2, 0) is 9.53 Å². The van der Waals surface area contributed by atoms with Gasteiger partial charge in [-0.15, -0.1) is 0 Å². The number of carbonyl (C=O) groups excluding carboxylic acids is 1. The van der Waals surface area contributed by atoms with E-state index in [0.29, 0.717) is 29.3 Å². The van der Waals surface area contributed by atoms with Crippen LogP contribution in [0.5, 0.6) is 0 Å². The fourth-order valence-corrected chi connectivity index (χ4v) is 10.9. The average Bonchev–Trinajstić information content (AvgIpc) is 2.92. The maximum atomic E-state index is 12.9. The lowest BCUT2D eigenvalue weighted by Crippen LogP contribution is -2.58. The predicted molar refractivity (Wildman–Crippen MR) is 133 cm³/mol. The molecule has 4 saturated carbocycles. The van der Waals surface area contributed by atoms with Crippen LogP contribution >= 0.6 is 0 Å². The summed E-state index contributed by atoms with van der Waals surface area (Å²) in [4.78, 5) is 12.9. The van der Waals surface area contributed by atoms with Crippen LogP contribution in [0.4, 0.5) is 0 Å². The molecular formula is C30H48O3. The lowest BCUT2D eigenvalue weighted by Gasteiger charge is -2.64. The number of fused-ring (bicyclic) bond motifs is 6. The maximum absolute atomic E-state index is 12.9. The number of methoxy groups -OCH3 is 1. The third-order valence-electron chi connectivity index (χ3n) is 12.6. The first-order valence-corrected chi connectivity index (χ1v) is 13.7. The normalized spacial score (nSPS) is 53.3. The van der Waals surface area contributed by atoms with Gasteiger partial charge in [0.2, 0.25) is 0 Å². The highest BCUT2D eigenvalue weighted by Gasteiger charge is 2.64. The predicted octanol–water partition coefficient (Wildman–Crippen LogP) is 6.58. The first-order chi connectivity index (χ1) is 15.4. The number of ether oxygens (including phenoxy) is 1. The third kappa shape index (κ3) is 3.03. The van der Waals surface area contributed by atoms with Crippen molar-refractivity contribution in [3.05, 3.63) is 11.6 Å². The Balaban J connectivity index is 1.51. The number of carbonyl (C=O) groups is 1. The van der Waals surface area contributed by atoms with Crippen molar-refractivity contribution in [1.82, 2.24) is 0 Å². The maximum Gasteiger partial charge on any atom is 0.141 e. The molecule has 0 spiro atoms. The van der Waals surface area contributed by atoms with Crippen LogP contribution in [0, 0.1) is 50.7 Å². The van der Waals surface area contributed by atoms with Gasteiger partial charge in [0, 0.05) is 13.5 Å². The van der Waals surface area contributed by atoms with Crippen molar-refractivity contribution in [2.24, 2.45) is 50.7 Å². The highest BCUT2D eigenvalue weighted by atomic mass is 16.5. The second kappa shape index (κ2) is 7.42. The van der Waals surface area contributed by atoms with E-state index < -0.39 is 5.41 Å². The summed E-state index contributed by atoms with van der Waals surface area (Å²) in [5.41, 5.74) is 2.11. The van der Waals surface area contributed by atoms with E-state index in [2.05, 4.69) is 40.7 Å². The number of rotatable bonds is 2. The van der Waals surface area contributed by atoms with Gasteiger partial charge in [-0.3, -0.25) is 4.79 Å². The molecule has 0 aromatic carbocycles. The Morgan fingerprint density at radius 3 is 2.33 bits per heavy atom. The lowest BCUT2D eigenvalue weighted by molar-refractivity contribution is -0.178. The summed E-state index contributed by atoms with van der Waals surface area (Å²) >= 11 is 0. The lowest BCUT2D eigenvalue weighted by atomic mass is 9.42. The second-order valence-electron chi connectivity index (χ2n) is 14.4. The summed E-state index contributed by atoms with van der Waals surface area (Å²) in [6.45, 7) is 14.6. The van der Waals surface area contributed by atoms with Crippen LogP contribution in [-0.4, -0.2) is 30.7 Å². The second-order valence-corrected chi connectivity index (χ2v) is 14.4. The smallest absolute Gasteiger partial charge is 0.141 e. The molecule has 33 heavy (non-hydrogen) atoms. The number of hydrogen-bond donors (Lipinski definition) is 1. The quantitative estimate of drug-likeness (QED) is 0.477. The van der Waals surface area contributed by atoms with Gasteiger partial charge < -0.3 is 9.84 Å². The topological polar surface area (TPSA) is 46.5 Å². The Bertz CT molecular complexity index is 859. The van der Waals surface area contributed by atoms with E-state index in [1.807, 2.05) is 14.0 Å². The summed E-state index contributed by atoms with van der Waals surface area (Å²) < 4.78 is 6.00. The number of ketones is 1. The molecule has 0 heterocycles. The molecule has 186 valence electrons. The minimum Gasteiger partial charge on any atom is -0.395 e. The highest BCUT2D eigenvalue weighted by molar-refractivity contribution is 5.86. The van der Waals surface area contributed by atoms with Crippen LogP contribution < -0.4 is 0 Å². The summed E-state index contributed by atoms with van der Waals surface area (Å²) in [5.74, 6) is 2.52. The Labute approximate surface area is 202 Å². The van der Waals surface area contributed by atoms with Crippen molar-refractivity contribution in [2.75, 3.05) is 13.7 Å². The number of aliphatic hydroxyl groups is 1. The molecule has 5 aliphatic rings. The molecule has 1 N–H and O–H groups in total. The number of aliphatic hydroxyl groups excluding tert-OH is 1. The minimum absolute atomic E-state index is 0.0159. The van der Waals surface area contributed by atoms with E-state index in [4.69, 9.17) is 4.74 Å². The van der Waals surface area contributed by atoms with Crippen LogP contribution in [0.25, 0.3) is 0 Å². The molecule has 0 aromatic heterocycles. The van der Waals surface area contributed by atoms with Crippen LogP contribution in [0.15, 0.2) is 11.6 Å². The van der Waals surface area contributed by atoms with Crippen molar-refractivity contribution < 1.29 is 14.6 Å². The van der Waals surface area contributed by atoms with E-state index in [-0.39, 0.29) is 29.1 Å². The Hall–Kier alpha value is -0.670. The van der Waals surface area contributed by atoms with Gasteiger partial charge >= 0.3 is 0 Å². The van der Waals surface area contributed by atoms with Gasteiger partial charge in [-0.1, -0.05) is 46.3 Å². The van der Waals surface area contributed by atoms with Crippen molar-refractivity contribution >= 4 is 5.78 Å². The summed E-state index contributed by atoms with van der Waals surface area (Å²) in [6.07, 6.45) is 13.4. The number of hydrogen-bond acceptors (Lipinski definition) is 3. The highest BCUT2D eigenvalue weighted by Crippen LogP contribution is 2.70. The van der Waals surface area contributed by atoms with Gasteiger partial charge in [0.15, 0.2) is 0 Å². The molecule has 9 atom stereocenters. The van der Waals surface area contributed by atoms with Gasteiger partial charge in [-0.05, 0) is 104 Å². The van der Waals surface area contributed by atoms with Crippen LogP contribution in [0.3, 0.4) is 0 Å². The van der Waals surface area contributed by atoms with Crippen LogP contribution in [0.2, 0.25) is 0 Å². The monoisotopic (exact) mass is 456 g/mol. The van der Waals surface area contributed by atoms with Gasteiger partial charge in [0.05, 0.1) is 18.1 Å². The fourth-order valence-electron chi connectivity index (χ4n) is 10.9. The van der Waals surface area contributed by atoms with Gasteiger partial charge in [-0.25, -0.2) is 0 Å². The standard InChI is InChI=1S/C30H48O3/c1-26(2)21-10-13-27(3)17-19-16-23-28(4,14-11-24(32)30(23,6)18-31)20(19)8-9-22(27)29(21,5)15-12-25(26)33-7/h16,20-23,25,31H,8-15,17-18H2,1-7H3/t20-,21?,22?,23+,25-,27-,28?,29-,30?/m0/s1. The van der Waals surface area contributed by atoms with E-state index in [1.54, 1.807) is 5.57 Å². The molecule has 0 radical (unpaired) electrons. The van der Waals surface area contributed by atoms with Crippen molar-refractivity contribution in [3.63, 3.8) is 0 Å². The van der Waals surface area contributed by atoms with E-state index in [9.17, 15) is 9.90 Å². The zero-order chi connectivity index (χ0) is 24.0. The van der Waals surface area contributed by atoms with E-state index in [0.717, 1.165) is 18.3 Å². The molecule has 0 aliphatic heterocycles. The number of allylic oxidation sites excluding steroid dienone is 2. The molecule has 5 rings (SSSR count). The first kappa shape index (κ1) is 24.0. The molecule has 0 aromatic rings. The first-order valence-electron chi connectivity index (χ1n) is 13.7. The molecule has 3 heteroatoms. The largest absolute Gasteiger partial charge is 0.395 e. The molecule has 3 nitrogen and oxygen atoms in total. The Morgan fingerprint density at radius 1 is 0.939 bits per heavy atom. The van der Waals surface area contributed by atoms with Crippen molar-refractivity contribution in [2.45, 2.75) is 105 Å². The van der Waals surface area contributed by atoms with Gasteiger partial charge in [-0.2, -0.15) is 0 Å². The zero-order valence-electron chi connectivity index (χ0n) is 22.3. The molecule has 4 fully saturated rings.